The fraction of sp³-hybridized carbons (Fsp3) is 0.417. The van der Waals surface area contributed by atoms with Crippen LogP contribution >= 0.6 is 15.9 Å². The number of hydrogen-bond donors (Lipinski definition) is 0. The van der Waals surface area contributed by atoms with Crippen LogP contribution in [0.3, 0.4) is 0 Å². The summed E-state index contributed by atoms with van der Waals surface area (Å²) in [6.07, 6.45) is 0.203. The van der Waals surface area contributed by atoms with Crippen molar-refractivity contribution in [2.75, 3.05) is 20.8 Å². The van der Waals surface area contributed by atoms with Crippen LogP contribution in [0.5, 0.6) is 11.5 Å². The molecule has 1 rings (SSSR count). The van der Waals surface area contributed by atoms with E-state index in [-0.39, 0.29) is 12.4 Å². The van der Waals surface area contributed by atoms with Crippen molar-refractivity contribution in [2.45, 2.75) is 13.3 Å². The SMILES string of the molecule is CCOC(=O)Cc1ccc(OC)c(OC)c1Br. The Morgan fingerprint density at radius 2 is 2.00 bits per heavy atom. The molecule has 0 saturated carbocycles. The van der Waals surface area contributed by atoms with Crippen molar-refractivity contribution in [3.63, 3.8) is 0 Å². The average molecular weight is 303 g/mol. The van der Waals surface area contributed by atoms with E-state index in [1.165, 1.54) is 0 Å². The van der Waals surface area contributed by atoms with Gasteiger partial charge in [0.2, 0.25) is 0 Å². The normalized spacial score (nSPS) is 9.88. The second-order valence-corrected chi connectivity index (χ2v) is 4.05. The van der Waals surface area contributed by atoms with E-state index in [0.29, 0.717) is 22.6 Å². The van der Waals surface area contributed by atoms with E-state index in [2.05, 4.69) is 15.9 Å². The third kappa shape index (κ3) is 3.36. The van der Waals surface area contributed by atoms with Crippen LogP contribution in [0.1, 0.15) is 12.5 Å². The summed E-state index contributed by atoms with van der Waals surface area (Å²) in [7, 11) is 3.12. The second kappa shape index (κ2) is 6.49. The molecule has 1 aromatic carbocycles. The third-order valence-corrected chi connectivity index (χ3v) is 3.07. The molecule has 0 aliphatic heterocycles. The first kappa shape index (κ1) is 13.8. The van der Waals surface area contributed by atoms with Crippen molar-refractivity contribution in [2.24, 2.45) is 0 Å². The lowest BCUT2D eigenvalue weighted by atomic mass is 10.1. The highest BCUT2D eigenvalue weighted by Crippen LogP contribution is 2.37. The van der Waals surface area contributed by atoms with Crippen LogP contribution in [0.25, 0.3) is 0 Å². The number of carbonyl (C=O) groups is 1. The first-order valence-corrected chi connectivity index (χ1v) is 5.98. The molecule has 0 heterocycles. The van der Waals surface area contributed by atoms with Crippen molar-refractivity contribution in [1.82, 2.24) is 0 Å². The maximum absolute atomic E-state index is 11.4. The Morgan fingerprint density at radius 1 is 1.29 bits per heavy atom. The maximum Gasteiger partial charge on any atom is 0.310 e. The summed E-state index contributed by atoms with van der Waals surface area (Å²) >= 11 is 3.40. The van der Waals surface area contributed by atoms with Crippen LogP contribution in [-0.2, 0) is 16.0 Å². The zero-order valence-electron chi connectivity index (χ0n) is 10.1. The lowest BCUT2D eigenvalue weighted by molar-refractivity contribution is -0.142. The highest BCUT2D eigenvalue weighted by Gasteiger charge is 2.15. The summed E-state index contributed by atoms with van der Waals surface area (Å²) in [6.45, 7) is 2.16. The van der Waals surface area contributed by atoms with Crippen LogP contribution in [0.4, 0.5) is 0 Å². The number of benzene rings is 1. The Balaban J connectivity index is 2.98. The van der Waals surface area contributed by atoms with Gasteiger partial charge in [0.1, 0.15) is 0 Å². The van der Waals surface area contributed by atoms with E-state index in [0.717, 1.165) is 5.56 Å². The highest BCUT2D eigenvalue weighted by molar-refractivity contribution is 9.10. The zero-order valence-corrected chi connectivity index (χ0v) is 11.7. The van der Waals surface area contributed by atoms with E-state index in [1.54, 1.807) is 27.2 Å². The highest BCUT2D eigenvalue weighted by atomic mass is 79.9. The van der Waals surface area contributed by atoms with Crippen LogP contribution in [0, 0.1) is 0 Å². The molecule has 0 fully saturated rings. The molecule has 0 aromatic heterocycles. The predicted molar refractivity (Wildman–Crippen MR) is 67.6 cm³/mol. The molecule has 0 aliphatic rings. The van der Waals surface area contributed by atoms with Gasteiger partial charge in [0, 0.05) is 0 Å². The topological polar surface area (TPSA) is 44.8 Å². The Kier molecular flexibility index (Phi) is 5.28. The zero-order chi connectivity index (χ0) is 12.8. The Labute approximate surface area is 109 Å². The van der Waals surface area contributed by atoms with Gasteiger partial charge in [0.15, 0.2) is 11.5 Å². The van der Waals surface area contributed by atoms with Gasteiger partial charge in [0.25, 0.3) is 0 Å². The molecule has 0 amide bonds. The first-order chi connectivity index (χ1) is 8.13. The predicted octanol–water partition coefficient (Wildman–Crippen LogP) is 2.57. The molecule has 0 saturated heterocycles. The molecule has 4 nitrogen and oxygen atoms in total. The van der Waals surface area contributed by atoms with E-state index >= 15 is 0 Å². The number of carbonyl (C=O) groups excluding carboxylic acids is 1. The molecule has 5 heteroatoms. The Hall–Kier alpha value is -1.23. The van der Waals surface area contributed by atoms with Crippen LogP contribution < -0.4 is 9.47 Å². The molecule has 94 valence electrons. The molecule has 0 radical (unpaired) electrons. The van der Waals surface area contributed by atoms with Gasteiger partial charge < -0.3 is 14.2 Å². The molecule has 1 aromatic rings. The van der Waals surface area contributed by atoms with E-state index in [9.17, 15) is 4.79 Å². The van der Waals surface area contributed by atoms with Gasteiger partial charge in [-0.15, -0.1) is 0 Å². The molecule has 0 atom stereocenters. The van der Waals surface area contributed by atoms with Crippen LogP contribution in [-0.4, -0.2) is 26.8 Å². The Morgan fingerprint density at radius 3 is 2.53 bits per heavy atom. The number of ether oxygens (including phenoxy) is 3. The molecule has 17 heavy (non-hydrogen) atoms. The van der Waals surface area contributed by atoms with Crippen molar-refractivity contribution < 1.29 is 19.0 Å². The summed E-state index contributed by atoms with van der Waals surface area (Å²) in [5.41, 5.74) is 0.807. The molecule has 0 spiro atoms. The molecule has 0 aliphatic carbocycles. The summed E-state index contributed by atoms with van der Waals surface area (Å²) in [6, 6.07) is 3.57. The van der Waals surface area contributed by atoms with Crippen LogP contribution in [0.15, 0.2) is 16.6 Å². The van der Waals surface area contributed by atoms with Crippen molar-refractivity contribution in [1.29, 1.82) is 0 Å². The van der Waals surface area contributed by atoms with Gasteiger partial charge in [-0.25, -0.2) is 0 Å². The molecule has 0 N–H and O–H groups in total. The lowest BCUT2D eigenvalue weighted by Gasteiger charge is -2.12. The number of esters is 1. The third-order valence-electron chi connectivity index (χ3n) is 2.21. The van der Waals surface area contributed by atoms with E-state index in [1.807, 2.05) is 6.07 Å². The minimum Gasteiger partial charge on any atom is -0.493 e. The van der Waals surface area contributed by atoms with Gasteiger partial charge in [-0.2, -0.15) is 0 Å². The fourth-order valence-corrected chi connectivity index (χ4v) is 2.06. The smallest absolute Gasteiger partial charge is 0.310 e. The fourth-order valence-electron chi connectivity index (χ4n) is 1.43. The molecule has 0 unspecified atom stereocenters. The summed E-state index contributed by atoms with van der Waals surface area (Å²) in [5.74, 6) is 0.932. The maximum atomic E-state index is 11.4. The number of methoxy groups -OCH3 is 2. The minimum absolute atomic E-state index is 0.203. The summed E-state index contributed by atoms with van der Waals surface area (Å²) in [4.78, 5) is 11.4. The molecular weight excluding hydrogens is 288 g/mol. The molecule has 0 bridgehead atoms. The average Bonchev–Trinajstić information content (AvgIpc) is 2.31. The standard InChI is InChI=1S/C12H15BrO4/c1-4-17-10(14)7-8-5-6-9(15-2)12(16-3)11(8)13/h5-6H,4,7H2,1-3H3. The summed E-state index contributed by atoms with van der Waals surface area (Å²) < 4.78 is 16.0. The largest absolute Gasteiger partial charge is 0.493 e. The van der Waals surface area contributed by atoms with Crippen molar-refractivity contribution in [3.8, 4) is 11.5 Å². The quantitative estimate of drug-likeness (QED) is 0.784. The van der Waals surface area contributed by atoms with E-state index in [4.69, 9.17) is 14.2 Å². The first-order valence-electron chi connectivity index (χ1n) is 5.19. The molecular formula is C12H15BrO4. The Bertz CT molecular complexity index is 404. The van der Waals surface area contributed by atoms with Crippen LogP contribution in [0.2, 0.25) is 0 Å². The lowest BCUT2D eigenvalue weighted by Crippen LogP contribution is -2.08. The minimum atomic E-state index is -0.264. The van der Waals surface area contributed by atoms with Gasteiger partial charge in [-0.1, -0.05) is 6.07 Å². The van der Waals surface area contributed by atoms with Gasteiger partial charge >= 0.3 is 5.97 Å². The van der Waals surface area contributed by atoms with Gasteiger partial charge in [-0.3, -0.25) is 4.79 Å². The van der Waals surface area contributed by atoms with Gasteiger partial charge in [0.05, 0.1) is 31.7 Å². The summed E-state index contributed by atoms with van der Waals surface area (Å²) in [5, 5.41) is 0. The second-order valence-electron chi connectivity index (χ2n) is 3.26. The number of halogens is 1. The van der Waals surface area contributed by atoms with Crippen molar-refractivity contribution >= 4 is 21.9 Å². The van der Waals surface area contributed by atoms with Gasteiger partial charge in [-0.05, 0) is 34.5 Å². The number of hydrogen-bond acceptors (Lipinski definition) is 4. The van der Waals surface area contributed by atoms with E-state index < -0.39 is 0 Å². The number of rotatable bonds is 5. The monoisotopic (exact) mass is 302 g/mol. The van der Waals surface area contributed by atoms with Crippen molar-refractivity contribution in [3.05, 3.63) is 22.2 Å².